The van der Waals surface area contributed by atoms with Gasteiger partial charge in [0.05, 0.1) is 6.07 Å². The van der Waals surface area contributed by atoms with Crippen molar-refractivity contribution < 1.29 is 9.84 Å². The topological polar surface area (TPSA) is 53.2 Å². The Morgan fingerprint density at radius 2 is 2.27 bits per heavy atom. The monoisotopic (exact) mass is 243 g/mol. The largest absolute Gasteiger partial charge is 0.462 e. The number of hydrogen-bond acceptors (Lipinski definition) is 3. The predicted octanol–water partition coefficient (Wildman–Crippen LogP) is 2.90. The van der Waals surface area contributed by atoms with E-state index in [4.69, 9.17) is 33.2 Å². The van der Waals surface area contributed by atoms with Crippen LogP contribution in [0.5, 0.6) is 5.75 Å². The molecular formula is C10H7Cl2NO2. The fourth-order valence-electron chi connectivity index (χ4n) is 0.945. The molecule has 1 unspecified atom stereocenters. The maximum Gasteiger partial charge on any atom is 0.166 e. The molecule has 1 rings (SSSR count). The van der Waals surface area contributed by atoms with E-state index in [9.17, 15) is 5.11 Å². The van der Waals surface area contributed by atoms with Crippen LogP contribution in [0.25, 0.3) is 0 Å². The average Bonchev–Trinajstić information content (AvgIpc) is 2.25. The third kappa shape index (κ3) is 3.80. The molecule has 15 heavy (non-hydrogen) atoms. The second-order valence-corrected chi connectivity index (χ2v) is 3.64. The summed E-state index contributed by atoms with van der Waals surface area (Å²) in [7, 11) is 0. The molecule has 0 fully saturated rings. The first-order chi connectivity index (χ1) is 7.13. The molecule has 78 valence electrons. The Kier molecular flexibility index (Phi) is 4.44. The van der Waals surface area contributed by atoms with Gasteiger partial charge in [-0.3, -0.25) is 0 Å². The Labute approximate surface area is 97.1 Å². The minimum Gasteiger partial charge on any atom is -0.462 e. The predicted molar refractivity (Wildman–Crippen MR) is 57.4 cm³/mol. The molecule has 1 N–H and O–H groups in total. The zero-order valence-corrected chi connectivity index (χ0v) is 9.03. The molecule has 1 aromatic carbocycles. The van der Waals surface area contributed by atoms with Gasteiger partial charge in [0.15, 0.2) is 6.10 Å². The van der Waals surface area contributed by atoms with Gasteiger partial charge in [0, 0.05) is 0 Å². The summed E-state index contributed by atoms with van der Waals surface area (Å²) in [5.74, 6) is 0.445. The lowest BCUT2D eigenvalue weighted by molar-refractivity contribution is 0.235. The molecule has 0 radical (unpaired) electrons. The van der Waals surface area contributed by atoms with Gasteiger partial charge in [-0.25, -0.2) is 0 Å². The number of rotatable bonds is 3. The third-order valence-corrected chi connectivity index (χ3v) is 1.76. The van der Waals surface area contributed by atoms with Gasteiger partial charge in [-0.15, -0.1) is 0 Å². The highest BCUT2D eigenvalue weighted by Crippen LogP contribution is 2.19. The van der Waals surface area contributed by atoms with Gasteiger partial charge in [0.2, 0.25) is 0 Å². The minimum absolute atomic E-state index is 0.0127. The lowest BCUT2D eigenvalue weighted by atomic mass is 10.1. The Hall–Kier alpha value is -1.21. The molecule has 0 spiro atoms. The first kappa shape index (κ1) is 11.9. The maximum absolute atomic E-state index is 9.25. The van der Waals surface area contributed by atoms with Crippen molar-refractivity contribution in [1.82, 2.24) is 0 Å². The van der Waals surface area contributed by atoms with Crippen LogP contribution in [0.4, 0.5) is 0 Å². The number of benzene rings is 1. The van der Waals surface area contributed by atoms with Crippen LogP contribution in [0.2, 0.25) is 0 Å². The molecule has 5 heteroatoms. The zero-order chi connectivity index (χ0) is 11.3. The molecule has 3 nitrogen and oxygen atoms in total. The van der Waals surface area contributed by atoms with Gasteiger partial charge in [0.1, 0.15) is 16.5 Å². The van der Waals surface area contributed by atoms with Crippen molar-refractivity contribution in [2.75, 3.05) is 0 Å². The first-order valence-corrected chi connectivity index (χ1v) is 4.74. The molecular weight excluding hydrogens is 237 g/mol. The van der Waals surface area contributed by atoms with E-state index in [1.807, 2.05) is 0 Å². The Bertz CT molecular complexity index is 408. The molecule has 0 heterocycles. The van der Waals surface area contributed by atoms with Crippen molar-refractivity contribution in [3.05, 3.63) is 40.6 Å². The van der Waals surface area contributed by atoms with Crippen molar-refractivity contribution in [2.24, 2.45) is 0 Å². The molecule has 0 aromatic heterocycles. The van der Waals surface area contributed by atoms with Crippen LogP contribution < -0.4 is 4.74 Å². The van der Waals surface area contributed by atoms with Crippen LogP contribution >= 0.6 is 23.2 Å². The lowest BCUT2D eigenvalue weighted by Crippen LogP contribution is -1.93. The minimum atomic E-state index is -1.16. The van der Waals surface area contributed by atoms with Gasteiger partial charge < -0.3 is 9.84 Å². The highest BCUT2D eigenvalue weighted by atomic mass is 35.5. The van der Waals surface area contributed by atoms with Crippen LogP contribution in [-0.4, -0.2) is 5.11 Å². The standard InChI is InChI=1S/C10H7Cl2NO2/c11-10(12)6-15-8-3-1-2-7(4-8)9(14)5-13/h1-4,6,9,14H. The van der Waals surface area contributed by atoms with E-state index in [-0.39, 0.29) is 4.49 Å². The van der Waals surface area contributed by atoms with E-state index >= 15 is 0 Å². The van der Waals surface area contributed by atoms with Crippen LogP contribution in [0.1, 0.15) is 11.7 Å². The van der Waals surface area contributed by atoms with Gasteiger partial charge in [-0.05, 0) is 17.7 Å². The van der Waals surface area contributed by atoms with E-state index in [1.54, 1.807) is 24.3 Å². The first-order valence-electron chi connectivity index (χ1n) is 3.99. The van der Waals surface area contributed by atoms with Crippen LogP contribution in [0.3, 0.4) is 0 Å². The molecule has 1 aromatic rings. The Balaban J connectivity index is 2.84. The second kappa shape index (κ2) is 5.62. The molecule has 0 aliphatic rings. The van der Waals surface area contributed by atoms with Gasteiger partial charge in [0.25, 0.3) is 0 Å². The molecule has 0 amide bonds. The van der Waals surface area contributed by atoms with Gasteiger partial charge in [-0.2, -0.15) is 5.26 Å². The molecule has 0 aliphatic carbocycles. The summed E-state index contributed by atoms with van der Waals surface area (Å²) in [6.07, 6.45) is -0.00921. The number of nitrogens with zero attached hydrogens (tertiary/aromatic N) is 1. The van der Waals surface area contributed by atoms with E-state index in [2.05, 4.69) is 0 Å². The van der Waals surface area contributed by atoms with Crippen molar-refractivity contribution in [3.63, 3.8) is 0 Å². The summed E-state index contributed by atoms with van der Waals surface area (Å²) < 4.78 is 5.04. The second-order valence-electron chi connectivity index (χ2n) is 2.63. The lowest BCUT2D eigenvalue weighted by Gasteiger charge is -2.04. The van der Waals surface area contributed by atoms with E-state index in [0.717, 1.165) is 6.26 Å². The fourth-order valence-corrected chi connectivity index (χ4v) is 1.03. The summed E-state index contributed by atoms with van der Waals surface area (Å²) in [6, 6.07) is 8.16. The van der Waals surface area contributed by atoms with Crippen LogP contribution in [-0.2, 0) is 0 Å². The van der Waals surface area contributed by atoms with E-state index in [0.29, 0.717) is 11.3 Å². The van der Waals surface area contributed by atoms with Crippen molar-refractivity contribution in [2.45, 2.75) is 6.10 Å². The number of aliphatic hydroxyl groups is 1. The number of hydrogen-bond donors (Lipinski definition) is 1. The zero-order valence-electron chi connectivity index (χ0n) is 7.52. The number of nitriles is 1. The van der Waals surface area contributed by atoms with Crippen LogP contribution in [0, 0.1) is 11.3 Å². The molecule has 0 bridgehead atoms. The Morgan fingerprint density at radius 3 is 2.87 bits per heavy atom. The number of ether oxygens (including phenoxy) is 1. The molecule has 0 saturated carbocycles. The van der Waals surface area contributed by atoms with Gasteiger partial charge in [-0.1, -0.05) is 35.3 Å². The summed E-state index contributed by atoms with van der Waals surface area (Å²) in [5, 5.41) is 17.7. The smallest absolute Gasteiger partial charge is 0.166 e. The molecule has 0 aliphatic heterocycles. The van der Waals surface area contributed by atoms with Crippen molar-refractivity contribution in [1.29, 1.82) is 5.26 Å². The quantitative estimate of drug-likeness (QED) is 0.656. The highest BCUT2D eigenvalue weighted by molar-refractivity contribution is 6.55. The van der Waals surface area contributed by atoms with E-state index < -0.39 is 6.10 Å². The fraction of sp³-hybridized carbons (Fsp3) is 0.100. The summed E-state index contributed by atoms with van der Waals surface area (Å²) in [4.78, 5) is 0. The van der Waals surface area contributed by atoms with Crippen LogP contribution in [0.15, 0.2) is 35.0 Å². The highest BCUT2D eigenvalue weighted by Gasteiger charge is 2.05. The Morgan fingerprint density at radius 1 is 1.53 bits per heavy atom. The third-order valence-electron chi connectivity index (χ3n) is 1.58. The van der Waals surface area contributed by atoms with Crippen molar-refractivity contribution >= 4 is 23.2 Å². The maximum atomic E-state index is 9.25. The number of halogens is 2. The van der Waals surface area contributed by atoms with E-state index in [1.165, 1.54) is 6.07 Å². The molecule has 1 atom stereocenters. The SMILES string of the molecule is N#CC(O)c1cccc(OC=C(Cl)Cl)c1. The average molecular weight is 244 g/mol. The summed E-state index contributed by atoms with van der Waals surface area (Å²) in [6.45, 7) is 0. The summed E-state index contributed by atoms with van der Waals surface area (Å²) >= 11 is 10.7. The normalized spacial score (nSPS) is 11.3. The molecule has 0 saturated heterocycles. The summed E-state index contributed by atoms with van der Waals surface area (Å²) in [5.41, 5.74) is 0.453. The number of aliphatic hydroxyl groups excluding tert-OH is 1. The van der Waals surface area contributed by atoms with Crippen molar-refractivity contribution in [3.8, 4) is 11.8 Å². The van der Waals surface area contributed by atoms with Gasteiger partial charge >= 0.3 is 0 Å².